The smallest absolute Gasteiger partial charge is 0.278 e. The van der Waals surface area contributed by atoms with Crippen molar-refractivity contribution >= 4 is 22.5 Å². The van der Waals surface area contributed by atoms with Crippen LogP contribution in [-0.2, 0) is 6.54 Å². The monoisotopic (exact) mass is 356 g/mol. The van der Waals surface area contributed by atoms with Crippen LogP contribution in [0.15, 0.2) is 84.0 Å². The van der Waals surface area contributed by atoms with E-state index < -0.39 is 0 Å². The van der Waals surface area contributed by atoms with Gasteiger partial charge in [0.2, 0.25) is 5.56 Å². The van der Waals surface area contributed by atoms with Gasteiger partial charge in [0.05, 0.1) is 12.7 Å². The number of benzene rings is 2. The topological polar surface area (TPSA) is 79.0 Å². The summed E-state index contributed by atoms with van der Waals surface area (Å²) in [7, 11) is 0. The first-order valence-corrected chi connectivity index (χ1v) is 8.46. The van der Waals surface area contributed by atoms with Crippen molar-refractivity contribution in [3.63, 3.8) is 0 Å². The van der Waals surface area contributed by atoms with Crippen molar-refractivity contribution in [3.05, 3.63) is 101 Å². The van der Waals surface area contributed by atoms with Crippen LogP contribution in [0.1, 0.15) is 16.1 Å². The van der Waals surface area contributed by atoms with E-state index in [2.05, 4.69) is 15.0 Å². The zero-order valence-corrected chi connectivity index (χ0v) is 14.4. The molecule has 0 spiro atoms. The van der Waals surface area contributed by atoms with Crippen molar-refractivity contribution in [2.24, 2.45) is 0 Å². The van der Waals surface area contributed by atoms with Crippen LogP contribution in [0.25, 0.3) is 10.9 Å². The Balaban J connectivity index is 1.81. The summed E-state index contributed by atoms with van der Waals surface area (Å²) in [5, 5.41) is 0.893. The largest absolute Gasteiger partial charge is 0.322 e. The third-order valence-electron chi connectivity index (χ3n) is 4.26. The van der Waals surface area contributed by atoms with Crippen LogP contribution in [0.4, 0.5) is 5.69 Å². The second-order valence-corrected chi connectivity index (χ2v) is 6.02. The minimum absolute atomic E-state index is 0.205. The quantitative estimate of drug-likeness (QED) is 0.609. The minimum Gasteiger partial charge on any atom is -0.322 e. The number of anilines is 1. The number of para-hydroxylation sites is 2. The second kappa shape index (κ2) is 7.21. The fourth-order valence-electron chi connectivity index (χ4n) is 3.01. The molecule has 0 aliphatic rings. The molecule has 0 saturated carbocycles. The van der Waals surface area contributed by atoms with Crippen LogP contribution in [0.3, 0.4) is 0 Å². The maximum atomic E-state index is 13.1. The standard InChI is InChI=1S/C21H16N4O2/c26-20-12-15(17-8-4-5-9-18(17)24-20)14-25(16-6-2-1-3-7-16)21(27)19-13-22-10-11-23-19/h1-13H,14H2,(H,24,26). The van der Waals surface area contributed by atoms with E-state index in [1.54, 1.807) is 4.90 Å². The maximum Gasteiger partial charge on any atom is 0.278 e. The zero-order chi connectivity index (χ0) is 18.6. The molecule has 0 aliphatic carbocycles. The van der Waals surface area contributed by atoms with Crippen LogP contribution in [0, 0.1) is 0 Å². The number of nitrogens with zero attached hydrogens (tertiary/aromatic N) is 3. The highest BCUT2D eigenvalue weighted by atomic mass is 16.2. The molecule has 4 aromatic rings. The number of hydrogen-bond donors (Lipinski definition) is 1. The number of pyridine rings is 1. The van der Waals surface area contributed by atoms with Crippen LogP contribution in [-0.4, -0.2) is 20.9 Å². The summed E-state index contributed by atoms with van der Waals surface area (Å²) in [6.07, 6.45) is 4.45. The molecule has 2 aromatic heterocycles. The van der Waals surface area contributed by atoms with Crippen molar-refractivity contribution in [3.8, 4) is 0 Å². The van der Waals surface area contributed by atoms with E-state index >= 15 is 0 Å². The second-order valence-electron chi connectivity index (χ2n) is 6.02. The summed E-state index contributed by atoms with van der Waals surface area (Å²) in [5.41, 5.74) is 2.26. The molecule has 0 aliphatic heterocycles. The van der Waals surface area contributed by atoms with Gasteiger partial charge in [-0.05, 0) is 23.8 Å². The fourth-order valence-corrected chi connectivity index (χ4v) is 3.01. The number of amides is 1. The molecule has 27 heavy (non-hydrogen) atoms. The van der Waals surface area contributed by atoms with Crippen LogP contribution < -0.4 is 10.5 Å². The van der Waals surface area contributed by atoms with Gasteiger partial charge in [-0.15, -0.1) is 0 Å². The van der Waals surface area contributed by atoms with Crippen molar-refractivity contribution in [1.29, 1.82) is 0 Å². The molecule has 0 bridgehead atoms. The summed E-state index contributed by atoms with van der Waals surface area (Å²) >= 11 is 0. The number of aromatic nitrogens is 3. The predicted octanol–water partition coefficient (Wildman–Crippen LogP) is 3.17. The van der Waals surface area contributed by atoms with E-state index in [1.807, 2.05) is 54.6 Å². The number of fused-ring (bicyclic) bond motifs is 1. The molecule has 6 heteroatoms. The number of hydrogen-bond acceptors (Lipinski definition) is 4. The molecule has 2 aromatic carbocycles. The lowest BCUT2D eigenvalue weighted by Crippen LogP contribution is -2.31. The summed E-state index contributed by atoms with van der Waals surface area (Å²) in [5.74, 6) is -0.279. The minimum atomic E-state index is -0.279. The first kappa shape index (κ1) is 16.7. The number of nitrogens with one attached hydrogen (secondary N) is 1. The normalized spacial score (nSPS) is 10.7. The van der Waals surface area contributed by atoms with Gasteiger partial charge in [-0.1, -0.05) is 36.4 Å². The van der Waals surface area contributed by atoms with Gasteiger partial charge in [0.1, 0.15) is 5.69 Å². The summed E-state index contributed by atoms with van der Waals surface area (Å²) in [6, 6.07) is 18.4. The molecule has 0 fully saturated rings. The van der Waals surface area contributed by atoms with Crippen LogP contribution in [0.5, 0.6) is 0 Å². The van der Waals surface area contributed by atoms with Crippen molar-refractivity contribution in [1.82, 2.24) is 15.0 Å². The fraction of sp³-hybridized carbons (Fsp3) is 0.0476. The number of H-pyrrole nitrogens is 1. The molecular formula is C21H16N4O2. The average Bonchev–Trinajstić information content (AvgIpc) is 2.72. The molecule has 0 atom stereocenters. The van der Waals surface area contributed by atoms with Crippen LogP contribution >= 0.6 is 0 Å². The molecule has 0 radical (unpaired) electrons. The lowest BCUT2D eigenvalue weighted by atomic mass is 10.1. The van der Waals surface area contributed by atoms with Gasteiger partial charge in [0, 0.05) is 35.1 Å². The van der Waals surface area contributed by atoms with Crippen molar-refractivity contribution in [2.45, 2.75) is 6.54 Å². The lowest BCUT2D eigenvalue weighted by Gasteiger charge is -2.23. The zero-order valence-electron chi connectivity index (χ0n) is 14.4. The lowest BCUT2D eigenvalue weighted by molar-refractivity contribution is 0.0980. The van der Waals surface area contributed by atoms with E-state index in [0.29, 0.717) is 0 Å². The Labute approximate surface area is 155 Å². The van der Waals surface area contributed by atoms with E-state index in [4.69, 9.17) is 0 Å². The van der Waals surface area contributed by atoms with Gasteiger partial charge in [0.15, 0.2) is 0 Å². The van der Waals surface area contributed by atoms with Gasteiger partial charge < -0.3 is 9.88 Å². The summed E-state index contributed by atoms with van der Waals surface area (Å²) in [4.78, 5) is 37.7. The van der Waals surface area contributed by atoms with E-state index in [-0.39, 0.29) is 23.7 Å². The number of carbonyl (C=O) groups is 1. The van der Waals surface area contributed by atoms with Gasteiger partial charge in [-0.2, -0.15) is 0 Å². The first-order valence-electron chi connectivity index (χ1n) is 8.46. The highest BCUT2D eigenvalue weighted by molar-refractivity contribution is 6.04. The molecule has 1 N–H and O–H groups in total. The molecule has 1 amide bonds. The Bertz CT molecular complexity index is 1140. The molecular weight excluding hydrogens is 340 g/mol. The Morgan fingerprint density at radius 2 is 1.78 bits per heavy atom. The Morgan fingerprint density at radius 1 is 1.00 bits per heavy atom. The molecule has 4 rings (SSSR count). The Kier molecular flexibility index (Phi) is 4.45. The highest BCUT2D eigenvalue weighted by Gasteiger charge is 2.20. The molecule has 0 unspecified atom stereocenters. The van der Waals surface area contributed by atoms with Crippen LogP contribution in [0.2, 0.25) is 0 Å². The third-order valence-corrected chi connectivity index (χ3v) is 4.26. The SMILES string of the molecule is O=C(c1cnccn1)N(Cc1cc(=O)[nH]c2ccccc12)c1ccccc1. The molecule has 132 valence electrons. The Hall–Kier alpha value is -3.80. The summed E-state index contributed by atoms with van der Waals surface area (Å²) in [6.45, 7) is 0.240. The predicted molar refractivity (Wildman–Crippen MR) is 104 cm³/mol. The van der Waals surface area contributed by atoms with Crippen molar-refractivity contribution < 1.29 is 4.79 Å². The van der Waals surface area contributed by atoms with Gasteiger partial charge in [-0.25, -0.2) is 4.98 Å². The van der Waals surface area contributed by atoms with Crippen molar-refractivity contribution in [2.75, 3.05) is 4.90 Å². The summed E-state index contributed by atoms with van der Waals surface area (Å²) < 4.78 is 0. The van der Waals surface area contributed by atoms with Gasteiger partial charge in [0.25, 0.3) is 5.91 Å². The van der Waals surface area contributed by atoms with Gasteiger partial charge in [-0.3, -0.25) is 14.6 Å². The number of aromatic amines is 1. The Morgan fingerprint density at radius 3 is 2.56 bits per heavy atom. The number of rotatable bonds is 4. The molecule has 6 nitrogen and oxygen atoms in total. The maximum absolute atomic E-state index is 13.1. The average molecular weight is 356 g/mol. The van der Waals surface area contributed by atoms with E-state index in [9.17, 15) is 9.59 Å². The molecule has 0 saturated heterocycles. The number of carbonyl (C=O) groups excluding carboxylic acids is 1. The van der Waals surface area contributed by atoms with E-state index in [1.165, 1.54) is 24.7 Å². The van der Waals surface area contributed by atoms with Gasteiger partial charge >= 0.3 is 0 Å². The highest BCUT2D eigenvalue weighted by Crippen LogP contribution is 2.22. The molecule has 2 heterocycles. The van der Waals surface area contributed by atoms with E-state index in [0.717, 1.165) is 22.2 Å². The first-order chi connectivity index (χ1) is 13.2. The third kappa shape index (κ3) is 3.46.